The zero-order chi connectivity index (χ0) is 19.2. The summed E-state index contributed by atoms with van der Waals surface area (Å²) in [5.74, 6) is 0. The lowest BCUT2D eigenvalue weighted by atomic mass is 10.1. The Kier molecular flexibility index (Phi) is 3.50. The van der Waals surface area contributed by atoms with Crippen molar-refractivity contribution in [3.63, 3.8) is 0 Å². The van der Waals surface area contributed by atoms with Crippen LogP contribution in [0, 0.1) is 0 Å². The van der Waals surface area contributed by atoms with Gasteiger partial charge in [0.2, 0.25) is 0 Å². The summed E-state index contributed by atoms with van der Waals surface area (Å²) < 4.78 is 4.61. The highest BCUT2D eigenvalue weighted by Crippen LogP contribution is 2.27. The predicted octanol–water partition coefficient (Wildman–Crippen LogP) is 6.21. The zero-order valence-electron chi connectivity index (χ0n) is 15.9. The van der Waals surface area contributed by atoms with Crippen LogP contribution in [-0.4, -0.2) is 4.57 Å². The number of rotatable bonds is 2. The van der Waals surface area contributed by atoms with E-state index >= 15 is 0 Å². The van der Waals surface area contributed by atoms with Gasteiger partial charge in [-0.2, -0.15) is 9.13 Å². The van der Waals surface area contributed by atoms with Crippen molar-refractivity contribution in [2.24, 2.45) is 0 Å². The van der Waals surface area contributed by atoms with Gasteiger partial charge in [-0.05, 0) is 35.0 Å². The smallest absolute Gasteiger partial charge is 0.194 e. The topological polar surface area (TPSA) is 8.81 Å². The normalized spacial score (nSPS) is 11.4. The first-order chi connectivity index (χ1) is 14.4. The van der Waals surface area contributed by atoms with Crippen molar-refractivity contribution in [3.05, 3.63) is 116 Å². The summed E-state index contributed by atoms with van der Waals surface area (Å²) in [7, 11) is 0. The van der Waals surface area contributed by atoms with E-state index in [1.54, 1.807) is 0 Å². The van der Waals surface area contributed by atoms with Gasteiger partial charge in [0, 0.05) is 10.8 Å². The van der Waals surface area contributed by atoms with Gasteiger partial charge in [-0.3, -0.25) is 0 Å². The van der Waals surface area contributed by atoms with Gasteiger partial charge in [-0.15, -0.1) is 0 Å². The highest BCUT2D eigenvalue weighted by molar-refractivity contribution is 5.92. The number of fused-ring (bicyclic) bond motifs is 3. The molecule has 0 aliphatic carbocycles. The van der Waals surface area contributed by atoms with Gasteiger partial charge < -0.3 is 0 Å². The summed E-state index contributed by atoms with van der Waals surface area (Å²) in [6, 6.07) is 38.7. The molecule has 0 spiro atoms. The van der Waals surface area contributed by atoms with Gasteiger partial charge >= 0.3 is 0 Å². The molecule has 0 fully saturated rings. The van der Waals surface area contributed by atoms with Crippen LogP contribution >= 0.6 is 0 Å². The van der Waals surface area contributed by atoms with Crippen LogP contribution in [-0.2, 0) is 0 Å². The van der Waals surface area contributed by atoms with Gasteiger partial charge in [0.15, 0.2) is 11.0 Å². The lowest BCUT2D eigenvalue weighted by molar-refractivity contribution is -0.566. The van der Waals surface area contributed by atoms with Crippen LogP contribution in [0.5, 0.6) is 0 Å². The highest BCUT2D eigenvalue weighted by Gasteiger charge is 2.20. The molecule has 0 bridgehead atoms. The Morgan fingerprint density at radius 1 is 0.517 bits per heavy atom. The quantitative estimate of drug-likeness (QED) is 0.320. The summed E-state index contributed by atoms with van der Waals surface area (Å²) in [4.78, 5) is 0. The van der Waals surface area contributed by atoms with Crippen molar-refractivity contribution in [2.45, 2.75) is 0 Å². The first-order valence-corrected chi connectivity index (χ1v) is 9.88. The Bertz CT molecular complexity index is 1380. The van der Waals surface area contributed by atoms with Crippen LogP contribution in [0.4, 0.5) is 0 Å². The molecule has 5 aromatic carbocycles. The van der Waals surface area contributed by atoms with E-state index in [2.05, 4.69) is 125 Å². The molecule has 0 N–H and O–H groups in total. The molecule has 1 heterocycles. The number of para-hydroxylation sites is 2. The molecule has 29 heavy (non-hydrogen) atoms. The molecule has 136 valence electrons. The molecular formula is C27H19N2+. The van der Waals surface area contributed by atoms with Crippen molar-refractivity contribution in [1.82, 2.24) is 4.57 Å². The number of aromatic nitrogens is 2. The van der Waals surface area contributed by atoms with Crippen molar-refractivity contribution >= 4 is 32.6 Å². The van der Waals surface area contributed by atoms with Gasteiger partial charge in [-0.25, -0.2) is 0 Å². The standard InChI is InChI=1S/C27H19N2/c1-3-13-22-20(9-1)11-7-17-24(22)28-19-29(27-16-6-5-15-26(27)28)25-18-8-12-21-10-2-4-14-23(21)25/h1-19H/q+1. The minimum atomic E-state index is 1.19. The predicted molar refractivity (Wildman–Crippen MR) is 120 cm³/mol. The lowest BCUT2D eigenvalue weighted by Gasteiger charge is -2.04. The van der Waals surface area contributed by atoms with E-state index in [1.807, 2.05) is 0 Å². The molecule has 6 aromatic rings. The third-order valence-corrected chi connectivity index (χ3v) is 5.68. The second-order valence-corrected chi connectivity index (χ2v) is 7.34. The number of benzene rings is 5. The van der Waals surface area contributed by atoms with Crippen LogP contribution in [0.1, 0.15) is 0 Å². The maximum absolute atomic E-state index is 2.30. The van der Waals surface area contributed by atoms with Gasteiger partial charge in [0.1, 0.15) is 11.4 Å². The van der Waals surface area contributed by atoms with Crippen LogP contribution in [0.15, 0.2) is 116 Å². The third-order valence-electron chi connectivity index (χ3n) is 5.68. The zero-order valence-corrected chi connectivity index (χ0v) is 15.9. The molecule has 0 unspecified atom stereocenters. The number of nitrogens with zero attached hydrogens (tertiary/aromatic N) is 2. The second-order valence-electron chi connectivity index (χ2n) is 7.34. The van der Waals surface area contributed by atoms with Crippen molar-refractivity contribution in [2.75, 3.05) is 0 Å². The monoisotopic (exact) mass is 371 g/mol. The van der Waals surface area contributed by atoms with Gasteiger partial charge in [0.05, 0.1) is 0 Å². The maximum atomic E-state index is 2.30. The summed E-state index contributed by atoms with van der Waals surface area (Å²) in [6.07, 6.45) is 2.22. The summed E-state index contributed by atoms with van der Waals surface area (Å²) >= 11 is 0. The Balaban J connectivity index is 1.71. The fourth-order valence-corrected chi connectivity index (χ4v) is 4.33. The molecule has 0 amide bonds. The Morgan fingerprint density at radius 3 is 2.00 bits per heavy atom. The van der Waals surface area contributed by atoms with Crippen LogP contribution < -0.4 is 4.57 Å². The number of hydrogen-bond donors (Lipinski definition) is 0. The van der Waals surface area contributed by atoms with E-state index < -0.39 is 0 Å². The molecule has 2 heteroatoms. The van der Waals surface area contributed by atoms with E-state index in [0.717, 1.165) is 0 Å². The molecule has 0 saturated heterocycles. The van der Waals surface area contributed by atoms with E-state index in [1.165, 1.54) is 44.0 Å². The van der Waals surface area contributed by atoms with Gasteiger partial charge in [0.25, 0.3) is 6.33 Å². The minimum absolute atomic E-state index is 1.19. The molecule has 1 aromatic heterocycles. The molecule has 0 atom stereocenters. The molecule has 0 saturated carbocycles. The van der Waals surface area contributed by atoms with E-state index in [-0.39, 0.29) is 0 Å². The fourth-order valence-electron chi connectivity index (χ4n) is 4.33. The van der Waals surface area contributed by atoms with Crippen molar-refractivity contribution < 1.29 is 4.57 Å². The van der Waals surface area contributed by atoms with Crippen LogP contribution in [0.25, 0.3) is 44.0 Å². The fraction of sp³-hybridized carbons (Fsp3) is 0. The maximum Gasteiger partial charge on any atom is 0.255 e. The van der Waals surface area contributed by atoms with Crippen LogP contribution in [0.2, 0.25) is 0 Å². The molecule has 0 aliphatic rings. The number of hydrogen-bond acceptors (Lipinski definition) is 0. The minimum Gasteiger partial charge on any atom is -0.194 e. The van der Waals surface area contributed by atoms with E-state index in [0.29, 0.717) is 0 Å². The Morgan fingerprint density at radius 2 is 1.14 bits per heavy atom. The van der Waals surface area contributed by atoms with Crippen molar-refractivity contribution in [3.8, 4) is 11.4 Å². The first-order valence-electron chi connectivity index (χ1n) is 9.88. The largest absolute Gasteiger partial charge is 0.255 e. The Hall–Kier alpha value is -3.91. The summed E-state index contributed by atoms with van der Waals surface area (Å²) in [6.45, 7) is 0. The molecule has 6 rings (SSSR count). The lowest BCUT2D eigenvalue weighted by Crippen LogP contribution is -2.29. The summed E-state index contributed by atoms with van der Waals surface area (Å²) in [5.41, 5.74) is 4.77. The highest BCUT2D eigenvalue weighted by atomic mass is 15.1. The third kappa shape index (κ3) is 2.46. The summed E-state index contributed by atoms with van der Waals surface area (Å²) in [5, 5.41) is 5.00. The average Bonchev–Trinajstić information content (AvgIpc) is 3.18. The van der Waals surface area contributed by atoms with Crippen molar-refractivity contribution in [1.29, 1.82) is 0 Å². The van der Waals surface area contributed by atoms with Crippen LogP contribution in [0.3, 0.4) is 0 Å². The molecule has 0 aliphatic heterocycles. The molecular weight excluding hydrogens is 352 g/mol. The van der Waals surface area contributed by atoms with E-state index in [4.69, 9.17) is 0 Å². The van der Waals surface area contributed by atoms with Gasteiger partial charge in [-0.1, -0.05) is 84.9 Å². The SMILES string of the molecule is c1ccc2c(-n3c[n+](-c4cccc5ccccc45)c4ccccc43)cccc2c1. The average molecular weight is 371 g/mol. The number of imidazole rings is 1. The van der Waals surface area contributed by atoms with E-state index in [9.17, 15) is 0 Å². The molecule has 2 nitrogen and oxygen atoms in total. The molecule has 0 radical (unpaired) electrons. The first kappa shape index (κ1) is 16.1. The Labute approximate surface area is 168 Å². The second kappa shape index (κ2) is 6.32.